The second kappa shape index (κ2) is 16.8. The van der Waals surface area contributed by atoms with Gasteiger partial charge in [-0.3, -0.25) is 0 Å². The molecule has 4 aliphatic carbocycles. The minimum absolute atomic E-state index is 0.135. The van der Waals surface area contributed by atoms with Crippen LogP contribution in [0.4, 0.5) is 17.1 Å². The molecule has 4 aliphatic rings. The summed E-state index contributed by atoms with van der Waals surface area (Å²) in [4.78, 5) is 2.64. The molecule has 1 heteroatoms. The number of anilines is 3. The molecule has 67 heavy (non-hydrogen) atoms. The van der Waals surface area contributed by atoms with Gasteiger partial charge in [-0.25, -0.2) is 0 Å². The molecule has 0 radical (unpaired) electrons. The van der Waals surface area contributed by atoms with Gasteiger partial charge in [-0.15, -0.1) is 0 Å². The van der Waals surface area contributed by atoms with Crippen LogP contribution in [0.3, 0.4) is 0 Å². The van der Waals surface area contributed by atoms with Crippen LogP contribution in [-0.2, 0) is 21.7 Å². The molecule has 7 aromatic carbocycles. The average Bonchev–Trinajstić information content (AvgIpc) is 3.31. The largest absolute Gasteiger partial charge is 0.309 e. The Balaban J connectivity index is 1.14. The topological polar surface area (TPSA) is 3.24 Å². The number of benzene rings is 7. The Morgan fingerprint density at radius 3 is 1.24 bits per heavy atom. The first-order valence-electron chi connectivity index (χ1n) is 26.3. The summed E-state index contributed by atoms with van der Waals surface area (Å²) in [5, 5.41) is 5.45. The van der Waals surface area contributed by atoms with Gasteiger partial charge < -0.3 is 4.90 Å². The molecule has 0 heterocycles. The van der Waals surface area contributed by atoms with Crippen LogP contribution in [0.15, 0.2) is 152 Å². The molecule has 7 aromatic rings. The van der Waals surface area contributed by atoms with Crippen molar-refractivity contribution < 1.29 is 0 Å². The standard InChI is InChI=1S/C66H75N/c1-44-31-48-32-45(2)39-65(38-44,42-48)56-25-30-60-51(36-56)35-50-19-20-57(66-40-46(3)33-49(43-66)34-47(4)41-66)37-61(50)62(60)67(58-26-21-54(22-27-58)63(5,6)52-15-11-9-12-16-52)59-28-23-55(24-29-59)64(7,8)53-17-13-10-14-18-53/h9-30,35-37,44-49H,31-34,38-43H2,1-8H3. The number of hydrogen-bond donors (Lipinski definition) is 0. The molecular weight excluding hydrogens is 807 g/mol. The maximum absolute atomic E-state index is 2.69. The summed E-state index contributed by atoms with van der Waals surface area (Å²) >= 11 is 0. The fourth-order valence-corrected chi connectivity index (χ4v) is 15.6. The molecule has 4 fully saturated rings. The van der Waals surface area contributed by atoms with Crippen LogP contribution in [0.5, 0.6) is 0 Å². The lowest BCUT2D eigenvalue weighted by Gasteiger charge is -2.50. The van der Waals surface area contributed by atoms with Gasteiger partial charge in [-0.05, 0) is 191 Å². The van der Waals surface area contributed by atoms with Crippen molar-refractivity contribution in [2.24, 2.45) is 35.5 Å². The summed E-state index contributed by atoms with van der Waals surface area (Å²) in [6.45, 7) is 19.6. The van der Waals surface area contributed by atoms with Crippen molar-refractivity contribution in [2.45, 2.75) is 141 Å². The molecule has 344 valence electrons. The van der Waals surface area contributed by atoms with Crippen LogP contribution in [0.25, 0.3) is 21.5 Å². The fourth-order valence-electron chi connectivity index (χ4n) is 15.6. The molecule has 0 aliphatic heterocycles. The number of rotatable bonds is 9. The van der Waals surface area contributed by atoms with Crippen LogP contribution in [0.1, 0.15) is 153 Å². The summed E-state index contributed by atoms with van der Waals surface area (Å²) in [6, 6.07) is 59.4. The van der Waals surface area contributed by atoms with Crippen molar-refractivity contribution in [3.05, 3.63) is 185 Å². The summed E-state index contributed by atoms with van der Waals surface area (Å²) in [5.41, 5.74) is 12.4. The van der Waals surface area contributed by atoms with E-state index in [0.717, 1.165) is 35.5 Å². The van der Waals surface area contributed by atoms with Gasteiger partial charge in [0.15, 0.2) is 0 Å². The van der Waals surface area contributed by atoms with Crippen LogP contribution >= 0.6 is 0 Å². The minimum Gasteiger partial charge on any atom is -0.309 e. The molecule has 0 aromatic heterocycles. The van der Waals surface area contributed by atoms with Crippen LogP contribution in [-0.4, -0.2) is 0 Å². The normalized spacial score (nSPS) is 27.5. The lowest BCUT2D eigenvalue weighted by Crippen LogP contribution is -2.42. The minimum atomic E-state index is -0.135. The molecule has 4 bridgehead atoms. The molecule has 0 saturated heterocycles. The van der Waals surface area contributed by atoms with Crippen molar-refractivity contribution >= 4 is 38.6 Å². The van der Waals surface area contributed by atoms with E-state index >= 15 is 0 Å². The highest BCUT2D eigenvalue weighted by atomic mass is 15.1. The van der Waals surface area contributed by atoms with Crippen LogP contribution in [0.2, 0.25) is 0 Å². The van der Waals surface area contributed by atoms with E-state index in [9.17, 15) is 0 Å². The zero-order valence-corrected chi connectivity index (χ0v) is 41.9. The Kier molecular flexibility index (Phi) is 11.1. The van der Waals surface area contributed by atoms with E-state index in [1.165, 1.54) is 125 Å². The van der Waals surface area contributed by atoms with Crippen molar-refractivity contribution in [2.75, 3.05) is 4.90 Å². The van der Waals surface area contributed by atoms with Crippen molar-refractivity contribution in [3.63, 3.8) is 0 Å². The summed E-state index contributed by atoms with van der Waals surface area (Å²) in [5.74, 6) is 4.74. The van der Waals surface area contributed by atoms with E-state index in [2.05, 4.69) is 212 Å². The first-order chi connectivity index (χ1) is 32.2. The second-order valence-electron chi connectivity index (χ2n) is 24.4. The fraction of sp³-hybridized carbons (Fsp3) is 0.424. The number of hydrogen-bond acceptors (Lipinski definition) is 1. The Labute approximate surface area is 403 Å². The van der Waals surface area contributed by atoms with E-state index in [1.807, 2.05) is 0 Å². The highest BCUT2D eigenvalue weighted by Crippen LogP contribution is 2.57. The van der Waals surface area contributed by atoms with Crippen LogP contribution < -0.4 is 4.90 Å². The van der Waals surface area contributed by atoms with Gasteiger partial charge in [-0.1, -0.05) is 171 Å². The van der Waals surface area contributed by atoms with E-state index in [4.69, 9.17) is 0 Å². The molecule has 0 amide bonds. The summed E-state index contributed by atoms with van der Waals surface area (Å²) in [6.07, 6.45) is 13.5. The van der Waals surface area contributed by atoms with Crippen molar-refractivity contribution in [1.29, 1.82) is 0 Å². The first-order valence-corrected chi connectivity index (χ1v) is 26.3. The third-order valence-electron chi connectivity index (χ3n) is 18.3. The molecule has 11 rings (SSSR count). The SMILES string of the molecule is CC1CC2CC(C)CC(c3ccc4c(N(c5ccc(C(C)(C)c6ccccc6)cc5)c5ccc(C(C)(C)c6ccccc6)cc5)c5cc(C67CC(C)CC(CC(C)C6)C7)ccc5cc4c3)(C1)C2. The van der Waals surface area contributed by atoms with Gasteiger partial charge in [-0.2, -0.15) is 0 Å². The molecule has 4 unspecified atom stereocenters. The average molecular weight is 882 g/mol. The van der Waals surface area contributed by atoms with Gasteiger partial charge in [0.2, 0.25) is 0 Å². The summed E-state index contributed by atoms with van der Waals surface area (Å²) < 4.78 is 0. The van der Waals surface area contributed by atoms with E-state index < -0.39 is 0 Å². The lowest BCUT2D eigenvalue weighted by molar-refractivity contribution is 0.0779. The lowest BCUT2D eigenvalue weighted by atomic mass is 9.54. The monoisotopic (exact) mass is 882 g/mol. The van der Waals surface area contributed by atoms with Gasteiger partial charge in [0, 0.05) is 33.0 Å². The van der Waals surface area contributed by atoms with Crippen LogP contribution in [0, 0.1) is 35.5 Å². The molecule has 4 saturated carbocycles. The molecular formula is C66H75N. The van der Waals surface area contributed by atoms with E-state index in [-0.39, 0.29) is 21.7 Å². The Morgan fingerprint density at radius 2 is 0.791 bits per heavy atom. The number of nitrogens with zero attached hydrogens (tertiary/aromatic N) is 1. The zero-order chi connectivity index (χ0) is 46.3. The van der Waals surface area contributed by atoms with Gasteiger partial charge >= 0.3 is 0 Å². The predicted octanol–water partition coefficient (Wildman–Crippen LogP) is 18.3. The predicted molar refractivity (Wildman–Crippen MR) is 286 cm³/mol. The Bertz CT molecular complexity index is 2750. The molecule has 0 N–H and O–H groups in total. The van der Waals surface area contributed by atoms with Gasteiger partial charge in [0.1, 0.15) is 0 Å². The van der Waals surface area contributed by atoms with E-state index in [1.54, 1.807) is 11.1 Å². The maximum atomic E-state index is 2.69. The van der Waals surface area contributed by atoms with Crippen molar-refractivity contribution in [1.82, 2.24) is 0 Å². The molecule has 0 spiro atoms. The maximum Gasteiger partial charge on any atom is 0.0618 e. The molecule has 4 atom stereocenters. The summed E-state index contributed by atoms with van der Waals surface area (Å²) in [7, 11) is 0. The van der Waals surface area contributed by atoms with Crippen molar-refractivity contribution in [3.8, 4) is 0 Å². The smallest absolute Gasteiger partial charge is 0.0618 e. The Morgan fingerprint density at radius 1 is 0.388 bits per heavy atom. The third-order valence-corrected chi connectivity index (χ3v) is 18.3. The zero-order valence-electron chi connectivity index (χ0n) is 41.9. The number of fused-ring (bicyclic) bond motifs is 6. The second-order valence-corrected chi connectivity index (χ2v) is 24.4. The van der Waals surface area contributed by atoms with Gasteiger partial charge in [0.05, 0.1) is 5.69 Å². The quantitative estimate of drug-likeness (QED) is 0.131. The first kappa shape index (κ1) is 44.4. The molecule has 1 nitrogen and oxygen atoms in total. The Hall–Kier alpha value is -5.14. The highest BCUT2D eigenvalue weighted by Gasteiger charge is 2.47. The third kappa shape index (κ3) is 7.95. The van der Waals surface area contributed by atoms with E-state index in [0.29, 0.717) is 0 Å². The van der Waals surface area contributed by atoms with Gasteiger partial charge in [0.25, 0.3) is 0 Å². The highest BCUT2D eigenvalue weighted by molar-refractivity contribution is 6.14.